The SMILES string of the molecule is C/C(N)=N/c1ncc(Oc2cncc(F)c2)cc1C(=O)Nc1ccccn1. The number of halogens is 1. The van der Waals surface area contributed by atoms with Crippen molar-refractivity contribution in [3.63, 3.8) is 0 Å². The molecule has 0 unspecified atom stereocenters. The highest BCUT2D eigenvalue weighted by Gasteiger charge is 2.16. The Bertz CT molecular complexity index is 990. The van der Waals surface area contributed by atoms with Crippen molar-refractivity contribution in [2.45, 2.75) is 6.92 Å². The average molecular weight is 366 g/mol. The molecule has 0 saturated heterocycles. The Morgan fingerprint density at radius 3 is 2.70 bits per heavy atom. The van der Waals surface area contributed by atoms with Crippen LogP contribution in [0.25, 0.3) is 0 Å². The van der Waals surface area contributed by atoms with Crippen molar-refractivity contribution in [2.75, 3.05) is 5.32 Å². The fourth-order valence-electron chi connectivity index (χ4n) is 2.12. The molecule has 0 radical (unpaired) electrons. The summed E-state index contributed by atoms with van der Waals surface area (Å²) in [5, 5.41) is 2.64. The molecule has 0 spiro atoms. The summed E-state index contributed by atoms with van der Waals surface area (Å²) in [7, 11) is 0. The number of pyridine rings is 3. The highest BCUT2D eigenvalue weighted by Crippen LogP contribution is 2.26. The Kier molecular flexibility index (Phi) is 5.31. The molecule has 1 amide bonds. The summed E-state index contributed by atoms with van der Waals surface area (Å²) < 4.78 is 18.8. The van der Waals surface area contributed by atoms with Gasteiger partial charge >= 0.3 is 0 Å². The number of nitrogens with one attached hydrogen (secondary N) is 1. The van der Waals surface area contributed by atoms with E-state index in [1.165, 1.54) is 18.5 Å². The Labute approximate surface area is 154 Å². The van der Waals surface area contributed by atoms with Crippen molar-refractivity contribution in [2.24, 2.45) is 10.7 Å². The summed E-state index contributed by atoms with van der Waals surface area (Å²) in [6.07, 6.45) is 5.29. The minimum Gasteiger partial charge on any atom is -0.454 e. The molecule has 136 valence electrons. The summed E-state index contributed by atoms with van der Waals surface area (Å²) >= 11 is 0. The molecule has 0 aliphatic heterocycles. The molecule has 0 aliphatic rings. The van der Waals surface area contributed by atoms with Gasteiger partial charge in [-0.05, 0) is 25.1 Å². The maximum absolute atomic E-state index is 13.3. The third kappa shape index (κ3) is 4.82. The van der Waals surface area contributed by atoms with E-state index in [2.05, 4.69) is 25.3 Å². The van der Waals surface area contributed by atoms with Gasteiger partial charge in [0, 0.05) is 12.3 Å². The number of aliphatic imine (C=N–C) groups is 1. The molecule has 27 heavy (non-hydrogen) atoms. The van der Waals surface area contributed by atoms with E-state index >= 15 is 0 Å². The minimum absolute atomic E-state index is 0.118. The van der Waals surface area contributed by atoms with Gasteiger partial charge in [-0.15, -0.1) is 0 Å². The number of anilines is 1. The third-order valence-electron chi connectivity index (χ3n) is 3.19. The zero-order chi connectivity index (χ0) is 19.2. The van der Waals surface area contributed by atoms with Crippen LogP contribution in [0.5, 0.6) is 11.5 Å². The molecule has 0 aliphatic carbocycles. The van der Waals surface area contributed by atoms with Gasteiger partial charge in [-0.2, -0.15) is 0 Å². The molecule has 3 N–H and O–H groups in total. The molecule has 3 heterocycles. The van der Waals surface area contributed by atoms with Crippen molar-refractivity contribution in [3.05, 3.63) is 66.5 Å². The van der Waals surface area contributed by atoms with Crippen molar-refractivity contribution in [1.82, 2.24) is 15.0 Å². The van der Waals surface area contributed by atoms with Gasteiger partial charge in [-0.1, -0.05) is 6.07 Å². The van der Waals surface area contributed by atoms with Gasteiger partial charge in [0.1, 0.15) is 23.1 Å². The van der Waals surface area contributed by atoms with Crippen LogP contribution < -0.4 is 15.8 Å². The van der Waals surface area contributed by atoms with Gasteiger partial charge in [0.05, 0.1) is 30.0 Å². The molecule has 0 bridgehead atoms. The van der Waals surface area contributed by atoms with Gasteiger partial charge in [-0.3, -0.25) is 9.78 Å². The quantitative estimate of drug-likeness (QED) is 0.530. The molecule has 0 aromatic carbocycles. The Balaban J connectivity index is 1.93. The number of ether oxygens (including phenoxy) is 1. The fraction of sp³-hybridized carbons (Fsp3) is 0.0556. The number of aromatic nitrogens is 3. The van der Waals surface area contributed by atoms with Gasteiger partial charge in [-0.25, -0.2) is 19.4 Å². The number of hydrogen-bond acceptors (Lipinski definition) is 6. The maximum atomic E-state index is 13.3. The first kappa shape index (κ1) is 17.9. The highest BCUT2D eigenvalue weighted by molar-refractivity contribution is 6.07. The Morgan fingerprint density at radius 1 is 1.19 bits per heavy atom. The van der Waals surface area contributed by atoms with Gasteiger partial charge in [0.2, 0.25) is 0 Å². The highest BCUT2D eigenvalue weighted by atomic mass is 19.1. The lowest BCUT2D eigenvalue weighted by atomic mass is 10.2. The lowest BCUT2D eigenvalue weighted by Gasteiger charge is -2.10. The summed E-state index contributed by atoms with van der Waals surface area (Å²) in [6, 6.07) is 7.70. The van der Waals surface area contributed by atoms with E-state index in [0.717, 1.165) is 12.3 Å². The number of carbonyl (C=O) groups excluding carboxylic acids is 1. The second-order valence-electron chi connectivity index (χ2n) is 5.41. The van der Waals surface area contributed by atoms with Crippen molar-refractivity contribution in [1.29, 1.82) is 0 Å². The molecule has 3 aromatic rings. The number of rotatable bonds is 5. The standard InChI is InChI=1S/C18H15FN6O2/c1-11(20)24-17-15(18(26)25-16-4-2-3-5-22-16)7-14(10-23-17)27-13-6-12(19)8-21-9-13/h2-10H,1H3,(H2,20,23,24)(H,22,25,26). The van der Waals surface area contributed by atoms with Crippen molar-refractivity contribution < 1.29 is 13.9 Å². The molecule has 0 atom stereocenters. The van der Waals surface area contributed by atoms with Crippen LogP contribution >= 0.6 is 0 Å². The Hall–Kier alpha value is -3.88. The second-order valence-corrected chi connectivity index (χ2v) is 5.41. The number of nitrogens with zero attached hydrogens (tertiary/aromatic N) is 4. The van der Waals surface area contributed by atoms with Crippen LogP contribution in [0, 0.1) is 5.82 Å². The normalized spacial score (nSPS) is 11.1. The molecule has 0 fully saturated rings. The number of hydrogen-bond donors (Lipinski definition) is 2. The number of amidine groups is 1. The smallest absolute Gasteiger partial charge is 0.260 e. The topological polar surface area (TPSA) is 115 Å². The first-order valence-electron chi connectivity index (χ1n) is 7.83. The van der Waals surface area contributed by atoms with Gasteiger partial charge in [0.25, 0.3) is 5.91 Å². The second kappa shape index (κ2) is 8.00. The van der Waals surface area contributed by atoms with Gasteiger partial charge in [0.15, 0.2) is 5.82 Å². The molecule has 3 aromatic heterocycles. The number of carbonyl (C=O) groups is 1. The monoisotopic (exact) mass is 366 g/mol. The molecule has 9 heteroatoms. The maximum Gasteiger partial charge on any atom is 0.260 e. The van der Waals surface area contributed by atoms with E-state index < -0.39 is 11.7 Å². The van der Waals surface area contributed by atoms with Crippen LogP contribution in [0.2, 0.25) is 0 Å². The van der Waals surface area contributed by atoms with Crippen LogP contribution in [0.1, 0.15) is 17.3 Å². The number of amides is 1. The lowest BCUT2D eigenvalue weighted by Crippen LogP contribution is -2.14. The first-order chi connectivity index (χ1) is 13.0. The van der Waals surface area contributed by atoms with Crippen LogP contribution in [-0.2, 0) is 0 Å². The molecule has 3 rings (SSSR count). The summed E-state index contributed by atoms with van der Waals surface area (Å²) in [5.74, 6) is 0.0481. The van der Waals surface area contributed by atoms with E-state index in [4.69, 9.17) is 10.5 Å². The summed E-state index contributed by atoms with van der Waals surface area (Å²) in [6.45, 7) is 1.57. The van der Waals surface area contributed by atoms with E-state index in [1.54, 1.807) is 31.3 Å². The number of nitrogens with two attached hydrogens (primary N) is 1. The van der Waals surface area contributed by atoms with Crippen LogP contribution in [0.15, 0.2) is 60.1 Å². The fourth-order valence-corrected chi connectivity index (χ4v) is 2.12. The average Bonchev–Trinajstić information content (AvgIpc) is 2.63. The largest absolute Gasteiger partial charge is 0.454 e. The zero-order valence-electron chi connectivity index (χ0n) is 14.3. The zero-order valence-corrected chi connectivity index (χ0v) is 14.3. The predicted molar refractivity (Wildman–Crippen MR) is 97.7 cm³/mol. The van der Waals surface area contributed by atoms with Crippen LogP contribution in [-0.4, -0.2) is 26.7 Å². The summed E-state index contributed by atoms with van der Waals surface area (Å²) in [5.41, 5.74) is 5.73. The lowest BCUT2D eigenvalue weighted by molar-refractivity contribution is 0.102. The minimum atomic E-state index is -0.548. The first-order valence-corrected chi connectivity index (χ1v) is 7.83. The molecule has 0 saturated carbocycles. The van der Waals surface area contributed by atoms with Crippen LogP contribution in [0.3, 0.4) is 0 Å². The van der Waals surface area contributed by atoms with E-state index in [9.17, 15) is 9.18 Å². The van der Waals surface area contributed by atoms with E-state index in [-0.39, 0.29) is 28.7 Å². The van der Waals surface area contributed by atoms with Gasteiger partial charge < -0.3 is 15.8 Å². The van der Waals surface area contributed by atoms with Crippen LogP contribution in [0.4, 0.5) is 16.0 Å². The molecular weight excluding hydrogens is 351 g/mol. The molecular formula is C18H15FN6O2. The molecule has 8 nitrogen and oxygen atoms in total. The van der Waals surface area contributed by atoms with E-state index in [0.29, 0.717) is 5.82 Å². The third-order valence-corrected chi connectivity index (χ3v) is 3.19. The van der Waals surface area contributed by atoms with Crippen molar-refractivity contribution in [3.8, 4) is 11.5 Å². The Morgan fingerprint density at radius 2 is 2.00 bits per heavy atom. The van der Waals surface area contributed by atoms with Crippen molar-refractivity contribution >= 4 is 23.4 Å². The summed E-state index contributed by atoms with van der Waals surface area (Å²) in [4.78, 5) is 28.6. The van der Waals surface area contributed by atoms with E-state index in [1.807, 2.05) is 0 Å². The predicted octanol–water partition coefficient (Wildman–Crippen LogP) is 3.06.